The molecule has 1 aliphatic rings. The van der Waals surface area contributed by atoms with E-state index in [0.29, 0.717) is 37.3 Å². The second kappa shape index (κ2) is 8.15. The van der Waals surface area contributed by atoms with Crippen LogP contribution < -0.4 is 0 Å². The van der Waals surface area contributed by atoms with Gasteiger partial charge in [-0.2, -0.15) is 0 Å². The van der Waals surface area contributed by atoms with Gasteiger partial charge in [0.05, 0.1) is 6.04 Å². The molecule has 0 bridgehead atoms. The van der Waals surface area contributed by atoms with Crippen molar-refractivity contribution in [3.8, 4) is 0 Å². The molecule has 0 radical (unpaired) electrons. The quantitative estimate of drug-likeness (QED) is 0.774. The first-order valence-electron chi connectivity index (χ1n) is 8.90. The van der Waals surface area contributed by atoms with Gasteiger partial charge in [0.25, 0.3) is 5.91 Å². The van der Waals surface area contributed by atoms with E-state index in [4.69, 9.17) is 4.74 Å². The first-order valence-corrected chi connectivity index (χ1v) is 8.90. The Morgan fingerprint density at radius 3 is 2.50 bits per heavy atom. The topological polar surface area (TPSA) is 66.8 Å². The number of carbonyl (C=O) groups is 2. The van der Waals surface area contributed by atoms with Crippen molar-refractivity contribution in [3.63, 3.8) is 0 Å². The number of fused-ring (bicyclic) bond motifs is 1. The highest BCUT2D eigenvalue weighted by Crippen LogP contribution is 2.42. The molecule has 5 nitrogen and oxygen atoms in total. The fraction of sp³-hybridized carbons (Fsp3) is 0.333. The van der Waals surface area contributed by atoms with E-state index in [9.17, 15) is 14.7 Å². The minimum Gasteiger partial charge on any atom is -0.481 e. The standard InChI is InChI=1S/C21H23NO4/c1-2-26-14-8-13-22-19(15-9-4-3-5-10-15)18(21(24)25)16-11-6-7-12-17(16)20(22)23/h3-7,9-12,18-19H,2,8,13-14H2,1H3,(H,24,25)/t18-,19+/m0/s1. The molecule has 3 rings (SSSR count). The Morgan fingerprint density at radius 1 is 1.12 bits per heavy atom. The van der Waals surface area contributed by atoms with E-state index >= 15 is 0 Å². The van der Waals surface area contributed by atoms with Crippen LogP contribution in [0.5, 0.6) is 0 Å². The van der Waals surface area contributed by atoms with Crippen LogP contribution in [0, 0.1) is 0 Å². The fourth-order valence-electron chi connectivity index (χ4n) is 3.61. The molecule has 0 aromatic heterocycles. The molecule has 1 heterocycles. The summed E-state index contributed by atoms with van der Waals surface area (Å²) in [5, 5.41) is 9.97. The van der Waals surface area contributed by atoms with Gasteiger partial charge in [-0.3, -0.25) is 9.59 Å². The van der Waals surface area contributed by atoms with Gasteiger partial charge >= 0.3 is 5.97 Å². The highest BCUT2D eigenvalue weighted by molar-refractivity contribution is 6.00. The number of hydrogen-bond donors (Lipinski definition) is 1. The third-order valence-corrected chi connectivity index (χ3v) is 4.74. The third kappa shape index (κ3) is 3.48. The predicted octanol–water partition coefficient (Wildman–Crippen LogP) is 3.48. The Balaban J connectivity index is 2.04. The van der Waals surface area contributed by atoms with Crippen molar-refractivity contribution in [1.29, 1.82) is 0 Å². The van der Waals surface area contributed by atoms with Gasteiger partial charge in [-0.05, 0) is 30.5 Å². The van der Waals surface area contributed by atoms with Crippen LogP contribution in [0.1, 0.15) is 46.8 Å². The molecule has 26 heavy (non-hydrogen) atoms. The molecule has 0 unspecified atom stereocenters. The lowest BCUT2D eigenvalue weighted by molar-refractivity contribution is -0.140. The highest BCUT2D eigenvalue weighted by atomic mass is 16.5. The number of benzene rings is 2. The third-order valence-electron chi connectivity index (χ3n) is 4.74. The molecule has 2 atom stereocenters. The molecule has 2 aromatic carbocycles. The Bertz CT molecular complexity index is 775. The zero-order valence-corrected chi connectivity index (χ0v) is 14.8. The van der Waals surface area contributed by atoms with Crippen molar-refractivity contribution in [3.05, 3.63) is 71.3 Å². The number of aliphatic carboxylic acids is 1. The maximum atomic E-state index is 13.1. The van der Waals surface area contributed by atoms with E-state index in [1.807, 2.05) is 37.3 Å². The second-order valence-corrected chi connectivity index (χ2v) is 6.31. The molecule has 136 valence electrons. The van der Waals surface area contributed by atoms with E-state index < -0.39 is 17.9 Å². The molecule has 2 aromatic rings. The van der Waals surface area contributed by atoms with Crippen molar-refractivity contribution in [2.75, 3.05) is 19.8 Å². The molecule has 1 aliphatic heterocycles. The van der Waals surface area contributed by atoms with E-state index in [2.05, 4.69) is 0 Å². The van der Waals surface area contributed by atoms with Crippen LogP contribution in [0.25, 0.3) is 0 Å². The Labute approximate surface area is 153 Å². The van der Waals surface area contributed by atoms with E-state index in [-0.39, 0.29) is 5.91 Å². The van der Waals surface area contributed by atoms with Crippen LogP contribution in [0.2, 0.25) is 0 Å². The molecule has 5 heteroatoms. The predicted molar refractivity (Wildman–Crippen MR) is 98.1 cm³/mol. The summed E-state index contributed by atoms with van der Waals surface area (Å²) in [5.41, 5.74) is 1.89. The Morgan fingerprint density at radius 2 is 1.81 bits per heavy atom. The van der Waals surface area contributed by atoms with Crippen LogP contribution >= 0.6 is 0 Å². The summed E-state index contributed by atoms with van der Waals surface area (Å²) in [6, 6.07) is 15.9. The second-order valence-electron chi connectivity index (χ2n) is 6.31. The summed E-state index contributed by atoms with van der Waals surface area (Å²) in [6.45, 7) is 3.55. The number of rotatable bonds is 7. The van der Waals surface area contributed by atoms with E-state index in [0.717, 1.165) is 5.56 Å². The van der Waals surface area contributed by atoms with Gasteiger partial charge in [-0.1, -0.05) is 48.5 Å². The molecule has 0 fully saturated rings. The lowest BCUT2D eigenvalue weighted by atomic mass is 9.79. The number of carbonyl (C=O) groups excluding carboxylic acids is 1. The van der Waals surface area contributed by atoms with Gasteiger partial charge in [0.1, 0.15) is 5.92 Å². The molecular formula is C21H23NO4. The van der Waals surface area contributed by atoms with Crippen LogP contribution in [0.4, 0.5) is 0 Å². The average Bonchev–Trinajstić information content (AvgIpc) is 2.66. The number of carboxylic acid groups (broad SMARTS) is 1. The Hall–Kier alpha value is -2.66. The molecule has 1 N–H and O–H groups in total. The number of carboxylic acids is 1. The molecular weight excluding hydrogens is 330 g/mol. The van der Waals surface area contributed by atoms with Crippen LogP contribution in [-0.2, 0) is 9.53 Å². The van der Waals surface area contributed by atoms with Gasteiger partial charge in [-0.25, -0.2) is 0 Å². The fourth-order valence-corrected chi connectivity index (χ4v) is 3.61. The molecule has 1 amide bonds. The SMILES string of the molecule is CCOCCCN1C(=O)c2ccccc2[C@H](C(=O)O)[C@H]1c1ccccc1. The monoisotopic (exact) mass is 353 g/mol. The molecule has 0 spiro atoms. The maximum Gasteiger partial charge on any atom is 0.313 e. The normalized spacial score (nSPS) is 19.3. The van der Waals surface area contributed by atoms with Crippen molar-refractivity contribution in [2.24, 2.45) is 0 Å². The number of ether oxygens (including phenoxy) is 1. The number of amides is 1. The Kier molecular flexibility index (Phi) is 5.68. The first-order chi connectivity index (χ1) is 12.6. The van der Waals surface area contributed by atoms with Gasteiger partial charge in [0.15, 0.2) is 0 Å². The summed E-state index contributed by atoms with van der Waals surface area (Å²) >= 11 is 0. The minimum atomic E-state index is -0.923. The number of hydrogen-bond acceptors (Lipinski definition) is 3. The lowest BCUT2D eigenvalue weighted by Crippen LogP contribution is -2.45. The summed E-state index contributed by atoms with van der Waals surface area (Å²) in [7, 11) is 0. The minimum absolute atomic E-state index is 0.122. The summed E-state index contributed by atoms with van der Waals surface area (Å²) in [5.74, 6) is -1.84. The summed E-state index contributed by atoms with van der Waals surface area (Å²) < 4.78 is 5.39. The number of nitrogens with zero attached hydrogens (tertiary/aromatic N) is 1. The van der Waals surface area contributed by atoms with Crippen molar-refractivity contribution in [1.82, 2.24) is 4.90 Å². The van der Waals surface area contributed by atoms with E-state index in [1.165, 1.54) is 0 Å². The lowest BCUT2D eigenvalue weighted by Gasteiger charge is -2.41. The summed E-state index contributed by atoms with van der Waals surface area (Å²) in [4.78, 5) is 27.0. The highest BCUT2D eigenvalue weighted by Gasteiger charge is 2.43. The molecule has 0 saturated heterocycles. The van der Waals surface area contributed by atoms with Crippen molar-refractivity contribution in [2.45, 2.75) is 25.3 Å². The zero-order chi connectivity index (χ0) is 18.5. The maximum absolute atomic E-state index is 13.1. The molecule has 0 saturated carbocycles. The van der Waals surface area contributed by atoms with E-state index in [1.54, 1.807) is 29.2 Å². The van der Waals surface area contributed by atoms with Gasteiger partial charge in [0, 0.05) is 25.3 Å². The van der Waals surface area contributed by atoms with Gasteiger partial charge < -0.3 is 14.7 Å². The molecule has 0 aliphatic carbocycles. The van der Waals surface area contributed by atoms with Crippen molar-refractivity contribution < 1.29 is 19.4 Å². The van der Waals surface area contributed by atoms with Crippen LogP contribution in [-0.4, -0.2) is 41.6 Å². The van der Waals surface area contributed by atoms with Gasteiger partial charge in [0.2, 0.25) is 0 Å². The average molecular weight is 353 g/mol. The van der Waals surface area contributed by atoms with Crippen molar-refractivity contribution >= 4 is 11.9 Å². The summed E-state index contributed by atoms with van der Waals surface area (Å²) in [6.07, 6.45) is 0.664. The smallest absolute Gasteiger partial charge is 0.313 e. The van der Waals surface area contributed by atoms with Gasteiger partial charge in [-0.15, -0.1) is 0 Å². The van der Waals surface area contributed by atoms with Crippen LogP contribution in [0.3, 0.4) is 0 Å². The van der Waals surface area contributed by atoms with Crippen LogP contribution in [0.15, 0.2) is 54.6 Å². The largest absolute Gasteiger partial charge is 0.481 e. The zero-order valence-electron chi connectivity index (χ0n) is 14.8. The first kappa shape index (κ1) is 18.1.